The Kier molecular flexibility index (Phi) is 4.37. The van der Waals surface area contributed by atoms with E-state index in [2.05, 4.69) is 35.1 Å². The van der Waals surface area contributed by atoms with E-state index in [-0.39, 0.29) is 17.8 Å². The average molecular weight is 474 g/mol. The van der Waals surface area contributed by atoms with E-state index in [4.69, 9.17) is 10.5 Å². The van der Waals surface area contributed by atoms with E-state index in [9.17, 15) is 17.6 Å². The zero-order valence-corrected chi connectivity index (χ0v) is 17.7. The molecule has 2 aliphatic rings. The predicted octanol–water partition coefficient (Wildman–Crippen LogP) is 3.29. The third kappa shape index (κ3) is 3.26. The SMILES string of the molecule is CNc1cc(F)cc2c1[nH]c1nc(Oc3cnc(C(F)(F)F)nc3)nc(N3C[C@@H]4[C@@H](N)[C@@H]4C3)c12. The molecule has 4 heterocycles. The van der Waals surface area contributed by atoms with Crippen molar-refractivity contribution < 1.29 is 22.3 Å². The third-order valence-electron chi connectivity index (χ3n) is 6.41. The fourth-order valence-corrected chi connectivity index (χ4v) is 4.66. The number of aromatic amines is 1. The second-order valence-corrected chi connectivity index (χ2v) is 8.46. The summed E-state index contributed by atoms with van der Waals surface area (Å²) >= 11 is 0. The van der Waals surface area contributed by atoms with Crippen LogP contribution in [0.15, 0.2) is 24.5 Å². The Morgan fingerprint density at radius 1 is 1.15 bits per heavy atom. The molecule has 1 saturated carbocycles. The monoisotopic (exact) mass is 474 g/mol. The highest BCUT2D eigenvalue weighted by Crippen LogP contribution is 2.47. The third-order valence-corrected chi connectivity index (χ3v) is 6.41. The highest BCUT2D eigenvalue weighted by atomic mass is 19.4. The lowest BCUT2D eigenvalue weighted by Gasteiger charge is -2.21. The molecule has 3 atom stereocenters. The van der Waals surface area contributed by atoms with Gasteiger partial charge in [-0.1, -0.05) is 0 Å². The molecule has 1 aliphatic heterocycles. The maximum Gasteiger partial charge on any atom is 0.451 e. The Morgan fingerprint density at radius 2 is 1.85 bits per heavy atom. The summed E-state index contributed by atoms with van der Waals surface area (Å²) in [5.74, 6) is -0.507. The summed E-state index contributed by atoms with van der Waals surface area (Å²) in [4.78, 5) is 20.8. The number of halogens is 4. The number of hydrogen-bond donors (Lipinski definition) is 3. The van der Waals surface area contributed by atoms with E-state index >= 15 is 0 Å². The van der Waals surface area contributed by atoms with Crippen LogP contribution in [0.25, 0.3) is 21.9 Å². The highest BCUT2D eigenvalue weighted by Gasteiger charge is 2.54. The van der Waals surface area contributed by atoms with Gasteiger partial charge in [-0.2, -0.15) is 23.1 Å². The molecule has 13 heteroatoms. The highest BCUT2D eigenvalue weighted by molar-refractivity contribution is 6.14. The summed E-state index contributed by atoms with van der Waals surface area (Å²) in [5, 5.41) is 4.19. The van der Waals surface area contributed by atoms with Crippen molar-refractivity contribution in [1.29, 1.82) is 0 Å². The van der Waals surface area contributed by atoms with Crippen molar-refractivity contribution in [2.75, 3.05) is 30.4 Å². The van der Waals surface area contributed by atoms with Crippen LogP contribution in [0.4, 0.5) is 29.1 Å². The molecule has 4 N–H and O–H groups in total. The fourth-order valence-electron chi connectivity index (χ4n) is 4.66. The molecular formula is C21H18F4N8O. The molecule has 0 bridgehead atoms. The molecule has 4 aromatic rings. The number of piperidine rings is 1. The van der Waals surface area contributed by atoms with E-state index in [0.717, 1.165) is 12.4 Å². The average Bonchev–Trinajstić information content (AvgIpc) is 3.14. The second kappa shape index (κ2) is 7.13. The number of fused-ring (bicyclic) bond motifs is 4. The Morgan fingerprint density at radius 3 is 2.50 bits per heavy atom. The molecule has 0 radical (unpaired) electrons. The van der Waals surface area contributed by atoms with Crippen LogP contribution in [0.1, 0.15) is 5.82 Å². The van der Waals surface area contributed by atoms with Crippen LogP contribution in [0, 0.1) is 17.7 Å². The van der Waals surface area contributed by atoms with Crippen LogP contribution in [0.3, 0.4) is 0 Å². The van der Waals surface area contributed by atoms with Crippen molar-refractivity contribution in [3.63, 3.8) is 0 Å². The van der Waals surface area contributed by atoms with Gasteiger partial charge in [-0.3, -0.25) is 0 Å². The summed E-state index contributed by atoms with van der Waals surface area (Å²) < 4.78 is 58.3. The number of nitrogens with two attached hydrogens (primary N) is 1. The summed E-state index contributed by atoms with van der Waals surface area (Å²) in [6.07, 6.45) is -2.84. The number of alkyl halides is 3. The molecule has 0 amide bonds. The number of nitrogens with zero attached hydrogens (tertiary/aromatic N) is 5. The first kappa shape index (κ1) is 20.8. The van der Waals surface area contributed by atoms with Crippen LogP contribution in [-0.4, -0.2) is 51.1 Å². The van der Waals surface area contributed by atoms with Gasteiger partial charge >= 0.3 is 12.2 Å². The van der Waals surface area contributed by atoms with Gasteiger partial charge in [0, 0.05) is 31.6 Å². The lowest BCUT2D eigenvalue weighted by Crippen LogP contribution is -2.29. The van der Waals surface area contributed by atoms with Gasteiger partial charge < -0.3 is 25.7 Å². The number of nitrogens with one attached hydrogen (secondary N) is 2. The smallest absolute Gasteiger partial charge is 0.421 e. The topological polar surface area (TPSA) is 118 Å². The van der Waals surface area contributed by atoms with Gasteiger partial charge in [-0.25, -0.2) is 14.4 Å². The summed E-state index contributed by atoms with van der Waals surface area (Å²) in [5.41, 5.74) is 7.67. The normalized spacial score (nSPS) is 21.8. The molecule has 1 aliphatic carbocycles. The van der Waals surface area contributed by atoms with Crippen LogP contribution in [0.2, 0.25) is 0 Å². The molecule has 9 nitrogen and oxygen atoms in total. The van der Waals surface area contributed by atoms with Crippen molar-refractivity contribution in [2.24, 2.45) is 17.6 Å². The second-order valence-electron chi connectivity index (χ2n) is 8.46. The van der Waals surface area contributed by atoms with Crippen molar-refractivity contribution >= 4 is 33.4 Å². The first-order valence-electron chi connectivity index (χ1n) is 10.5. The van der Waals surface area contributed by atoms with Crippen LogP contribution in [0.5, 0.6) is 11.8 Å². The van der Waals surface area contributed by atoms with Crippen LogP contribution < -0.4 is 20.7 Å². The number of aromatic nitrogens is 5. The minimum absolute atomic E-state index is 0.0531. The van der Waals surface area contributed by atoms with Gasteiger partial charge in [0.05, 0.1) is 29.0 Å². The van der Waals surface area contributed by atoms with Gasteiger partial charge in [0.15, 0.2) is 5.75 Å². The number of ether oxygens (including phenoxy) is 1. The van der Waals surface area contributed by atoms with Gasteiger partial charge in [0.25, 0.3) is 0 Å². The van der Waals surface area contributed by atoms with E-state index in [1.165, 1.54) is 12.1 Å². The van der Waals surface area contributed by atoms with E-state index in [0.29, 0.717) is 58.4 Å². The molecule has 0 unspecified atom stereocenters. The molecule has 1 aromatic carbocycles. The standard InChI is InChI=1S/C21H18F4N8O/c1-27-13-3-8(22)2-10-14-17(30-16(10)13)31-20(32-18(14)33-6-11-12(7-33)15(11)26)34-9-4-28-19(29-5-9)21(23,24)25/h2-5,11-12,15,27H,6-7,26H2,1H3,(H,30,31,32)/t11-,12+,15+. The van der Waals surface area contributed by atoms with Crippen molar-refractivity contribution in [2.45, 2.75) is 12.2 Å². The molecule has 2 fully saturated rings. The number of benzene rings is 1. The molecule has 34 heavy (non-hydrogen) atoms. The van der Waals surface area contributed by atoms with Crippen molar-refractivity contribution in [3.05, 3.63) is 36.2 Å². The zero-order chi connectivity index (χ0) is 23.8. The maximum absolute atomic E-state index is 14.4. The van der Waals surface area contributed by atoms with E-state index < -0.39 is 17.8 Å². The number of hydrogen-bond acceptors (Lipinski definition) is 8. The zero-order valence-electron chi connectivity index (χ0n) is 17.7. The summed E-state index contributed by atoms with van der Waals surface area (Å²) in [6.45, 7) is 1.36. The molecule has 3 aromatic heterocycles. The van der Waals surface area contributed by atoms with E-state index in [1.54, 1.807) is 7.05 Å². The minimum atomic E-state index is -4.66. The van der Waals surface area contributed by atoms with Gasteiger partial charge in [0.2, 0.25) is 5.82 Å². The first-order chi connectivity index (χ1) is 16.2. The van der Waals surface area contributed by atoms with Crippen LogP contribution >= 0.6 is 0 Å². The molecule has 176 valence electrons. The lowest BCUT2D eigenvalue weighted by molar-refractivity contribution is -0.145. The summed E-state index contributed by atoms with van der Waals surface area (Å²) in [6, 6.07) is 2.83. The molecule has 1 saturated heterocycles. The number of H-pyrrole nitrogens is 1. The first-order valence-corrected chi connectivity index (χ1v) is 10.5. The Labute approximate surface area is 189 Å². The number of anilines is 2. The summed E-state index contributed by atoms with van der Waals surface area (Å²) in [7, 11) is 1.68. The van der Waals surface area contributed by atoms with Crippen molar-refractivity contribution in [3.8, 4) is 11.8 Å². The van der Waals surface area contributed by atoms with Gasteiger partial charge in [0.1, 0.15) is 17.3 Å². The molecule has 6 rings (SSSR count). The minimum Gasteiger partial charge on any atom is -0.421 e. The quantitative estimate of drug-likeness (QED) is 0.386. The van der Waals surface area contributed by atoms with Gasteiger partial charge in [-0.15, -0.1) is 0 Å². The Balaban J connectivity index is 1.46. The molecule has 0 spiro atoms. The lowest BCUT2D eigenvalue weighted by atomic mass is 10.1. The number of rotatable bonds is 4. The Hall–Kier alpha value is -3.74. The van der Waals surface area contributed by atoms with Gasteiger partial charge in [-0.05, 0) is 24.0 Å². The van der Waals surface area contributed by atoms with Crippen molar-refractivity contribution in [1.82, 2.24) is 24.9 Å². The molecular weight excluding hydrogens is 456 g/mol. The fraction of sp³-hybridized carbons (Fsp3) is 0.333. The van der Waals surface area contributed by atoms with Crippen LogP contribution in [-0.2, 0) is 6.18 Å². The predicted molar refractivity (Wildman–Crippen MR) is 115 cm³/mol. The largest absolute Gasteiger partial charge is 0.451 e. The maximum atomic E-state index is 14.4. The Bertz CT molecular complexity index is 1410. The van der Waals surface area contributed by atoms with E-state index in [1.807, 2.05) is 0 Å².